The van der Waals surface area contributed by atoms with Crippen molar-refractivity contribution < 1.29 is 8.60 Å². The zero-order chi connectivity index (χ0) is 10.8. The van der Waals surface area contributed by atoms with Crippen LogP contribution in [-0.2, 0) is 10.8 Å². The molecular weight excluding hydrogens is 213 g/mol. The third-order valence-corrected chi connectivity index (χ3v) is 4.44. The molecule has 1 aliphatic rings. The van der Waals surface area contributed by atoms with Gasteiger partial charge in [0.25, 0.3) is 0 Å². The fourth-order valence-electron chi connectivity index (χ4n) is 1.75. The van der Waals surface area contributed by atoms with Crippen molar-refractivity contribution in [2.75, 3.05) is 12.3 Å². The van der Waals surface area contributed by atoms with Crippen LogP contribution in [0.5, 0.6) is 0 Å². The molecule has 0 radical (unpaired) electrons. The third kappa shape index (κ3) is 2.26. The molecule has 0 aromatic heterocycles. The van der Waals surface area contributed by atoms with Gasteiger partial charge in [-0.25, -0.2) is 4.39 Å². The number of benzene rings is 1. The van der Waals surface area contributed by atoms with Crippen LogP contribution in [0.3, 0.4) is 0 Å². The second kappa shape index (κ2) is 4.41. The SMILES string of the molecule is CC1CNC(c2ccccc2F)CS1=O. The molecule has 1 heterocycles. The van der Waals surface area contributed by atoms with E-state index in [-0.39, 0.29) is 17.1 Å². The topological polar surface area (TPSA) is 29.1 Å². The van der Waals surface area contributed by atoms with E-state index in [2.05, 4.69) is 5.32 Å². The highest BCUT2D eigenvalue weighted by Gasteiger charge is 2.26. The van der Waals surface area contributed by atoms with E-state index in [1.54, 1.807) is 18.2 Å². The van der Waals surface area contributed by atoms with E-state index in [1.807, 2.05) is 6.92 Å². The first-order valence-electron chi connectivity index (χ1n) is 5.03. The average Bonchev–Trinajstić information content (AvgIpc) is 2.23. The van der Waals surface area contributed by atoms with E-state index in [1.165, 1.54) is 6.07 Å². The summed E-state index contributed by atoms with van der Waals surface area (Å²) in [7, 11) is -0.853. The summed E-state index contributed by atoms with van der Waals surface area (Å²) in [6, 6.07) is 6.56. The van der Waals surface area contributed by atoms with Crippen LogP contribution in [-0.4, -0.2) is 21.8 Å². The second-order valence-corrected chi connectivity index (χ2v) is 5.74. The van der Waals surface area contributed by atoms with Gasteiger partial charge in [0, 0.05) is 40.0 Å². The Bertz CT molecular complexity index is 383. The first kappa shape index (κ1) is 10.8. The first-order valence-corrected chi connectivity index (χ1v) is 6.41. The van der Waals surface area contributed by atoms with Crippen molar-refractivity contribution >= 4 is 10.8 Å². The lowest BCUT2D eigenvalue weighted by Gasteiger charge is -2.27. The van der Waals surface area contributed by atoms with Crippen LogP contribution in [0.1, 0.15) is 18.5 Å². The Balaban J connectivity index is 2.19. The molecule has 1 N–H and O–H groups in total. The average molecular weight is 227 g/mol. The van der Waals surface area contributed by atoms with Gasteiger partial charge in [-0.1, -0.05) is 18.2 Å². The molecule has 3 unspecified atom stereocenters. The van der Waals surface area contributed by atoms with E-state index >= 15 is 0 Å². The maximum atomic E-state index is 13.5. The molecule has 82 valence electrons. The molecular formula is C11H14FNOS. The van der Waals surface area contributed by atoms with E-state index in [0.717, 1.165) is 0 Å². The molecule has 1 aliphatic heterocycles. The minimum absolute atomic E-state index is 0.108. The van der Waals surface area contributed by atoms with Crippen molar-refractivity contribution in [2.45, 2.75) is 18.2 Å². The highest BCUT2D eigenvalue weighted by atomic mass is 32.2. The maximum absolute atomic E-state index is 13.5. The van der Waals surface area contributed by atoms with Gasteiger partial charge in [-0.3, -0.25) is 4.21 Å². The predicted octanol–water partition coefficient (Wildman–Crippen LogP) is 1.61. The van der Waals surface area contributed by atoms with Gasteiger partial charge >= 0.3 is 0 Å². The van der Waals surface area contributed by atoms with Crippen molar-refractivity contribution in [3.05, 3.63) is 35.6 Å². The smallest absolute Gasteiger partial charge is 0.128 e. The van der Waals surface area contributed by atoms with Crippen LogP contribution in [0.2, 0.25) is 0 Å². The Morgan fingerprint density at radius 2 is 2.20 bits per heavy atom. The van der Waals surface area contributed by atoms with Crippen LogP contribution in [0.4, 0.5) is 4.39 Å². The van der Waals surface area contributed by atoms with Gasteiger partial charge in [0.1, 0.15) is 5.82 Å². The van der Waals surface area contributed by atoms with Gasteiger partial charge < -0.3 is 5.32 Å². The summed E-state index contributed by atoms with van der Waals surface area (Å²) in [5, 5.41) is 3.38. The van der Waals surface area contributed by atoms with Gasteiger partial charge in [0.2, 0.25) is 0 Å². The van der Waals surface area contributed by atoms with Crippen molar-refractivity contribution in [1.29, 1.82) is 0 Å². The van der Waals surface area contributed by atoms with Crippen LogP contribution in [0.15, 0.2) is 24.3 Å². The summed E-state index contributed by atoms with van der Waals surface area (Å²) < 4.78 is 25.1. The molecule has 2 nitrogen and oxygen atoms in total. The van der Waals surface area contributed by atoms with E-state index in [0.29, 0.717) is 17.9 Å². The summed E-state index contributed by atoms with van der Waals surface area (Å²) in [5.74, 6) is 0.281. The standard InChI is InChI=1S/C11H14FNOS/c1-8-6-13-11(7-15(8)14)9-4-2-3-5-10(9)12/h2-5,8,11,13H,6-7H2,1H3. The number of rotatable bonds is 1. The quantitative estimate of drug-likeness (QED) is 0.789. The normalized spacial score (nSPS) is 31.5. The van der Waals surface area contributed by atoms with E-state index in [9.17, 15) is 8.60 Å². The van der Waals surface area contributed by atoms with E-state index in [4.69, 9.17) is 0 Å². The molecule has 3 atom stereocenters. The number of hydrogen-bond acceptors (Lipinski definition) is 2. The lowest BCUT2D eigenvalue weighted by molar-refractivity contribution is 0.510. The fourth-order valence-corrected chi connectivity index (χ4v) is 2.98. The maximum Gasteiger partial charge on any atom is 0.128 e. The molecule has 0 spiro atoms. The Kier molecular flexibility index (Phi) is 3.17. The largest absolute Gasteiger partial charge is 0.308 e. The van der Waals surface area contributed by atoms with Gasteiger partial charge in [0.05, 0.1) is 0 Å². The van der Waals surface area contributed by atoms with Gasteiger partial charge in [0.15, 0.2) is 0 Å². The monoisotopic (exact) mass is 227 g/mol. The molecule has 15 heavy (non-hydrogen) atoms. The molecule has 1 saturated heterocycles. The van der Waals surface area contributed by atoms with E-state index < -0.39 is 10.8 Å². The summed E-state index contributed by atoms with van der Waals surface area (Å²) >= 11 is 0. The van der Waals surface area contributed by atoms with Crippen LogP contribution >= 0.6 is 0 Å². The minimum atomic E-state index is -0.853. The zero-order valence-corrected chi connectivity index (χ0v) is 9.39. The molecule has 2 rings (SSSR count). The zero-order valence-electron chi connectivity index (χ0n) is 8.57. The lowest BCUT2D eigenvalue weighted by atomic mass is 10.1. The highest BCUT2D eigenvalue weighted by molar-refractivity contribution is 7.85. The minimum Gasteiger partial charge on any atom is -0.308 e. The Morgan fingerprint density at radius 3 is 2.87 bits per heavy atom. The molecule has 0 aliphatic carbocycles. The van der Waals surface area contributed by atoms with Crippen molar-refractivity contribution in [2.24, 2.45) is 0 Å². The van der Waals surface area contributed by atoms with Gasteiger partial charge in [-0.2, -0.15) is 0 Å². The number of halogens is 1. The van der Waals surface area contributed by atoms with Gasteiger partial charge in [-0.15, -0.1) is 0 Å². The molecule has 0 bridgehead atoms. The Morgan fingerprint density at radius 1 is 1.47 bits per heavy atom. The Hall–Kier alpha value is -0.740. The van der Waals surface area contributed by atoms with Crippen molar-refractivity contribution in [3.63, 3.8) is 0 Å². The molecule has 1 aromatic carbocycles. The summed E-state index contributed by atoms with van der Waals surface area (Å²) in [5.41, 5.74) is 0.623. The molecule has 1 aromatic rings. The highest BCUT2D eigenvalue weighted by Crippen LogP contribution is 2.21. The van der Waals surface area contributed by atoms with Crippen molar-refractivity contribution in [1.82, 2.24) is 5.32 Å². The third-order valence-electron chi connectivity index (χ3n) is 2.71. The molecule has 4 heteroatoms. The second-order valence-electron chi connectivity index (χ2n) is 3.84. The molecule has 0 amide bonds. The number of nitrogens with one attached hydrogen (secondary N) is 1. The fraction of sp³-hybridized carbons (Fsp3) is 0.455. The molecule has 1 fully saturated rings. The summed E-state index contributed by atoms with van der Waals surface area (Å²) in [6.07, 6.45) is 0. The van der Waals surface area contributed by atoms with Crippen LogP contribution in [0.25, 0.3) is 0 Å². The van der Waals surface area contributed by atoms with Crippen LogP contribution in [0, 0.1) is 5.82 Å². The molecule has 0 saturated carbocycles. The van der Waals surface area contributed by atoms with Crippen LogP contribution < -0.4 is 5.32 Å². The van der Waals surface area contributed by atoms with Crippen molar-refractivity contribution in [3.8, 4) is 0 Å². The predicted molar refractivity (Wildman–Crippen MR) is 59.6 cm³/mol. The lowest BCUT2D eigenvalue weighted by Crippen LogP contribution is -2.41. The Labute approximate surface area is 91.3 Å². The summed E-state index contributed by atoms with van der Waals surface area (Å²) in [6.45, 7) is 2.63. The first-order chi connectivity index (χ1) is 7.18. The summed E-state index contributed by atoms with van der Waals surface area (Å²) in [4.78, 5) is 0. The van der Waals surface area contributed by atoms with Gasteiger partial charge in [-0.05, 0) is 13.0 Å². The number of hydrogen-bond donors (Lipinski definition) is 1.